The summed E-state index contributed by atoms with van der Waals surface area (Å²) >= 11 is 6.27. The standard InChI is InChI=1S/C27H29ClF2N6O/c1-4-22-14-35(25-23-24(32-17(3)31-23)33-26(28)34-25)16(2)13-36(22)27(15-37,18-5-9-20(29)10-6-18)19-7-11-21(30)12-8-19/h5-12,16,22,37H,4,13-15H2,1-3H3,(H,31,32,33,34)/t16-,22+/m0/s1. The number of aliphatic hydroxyl groups excluding tert-OH is 1. The molecule has 3 heterocycles. The first-order valence-corrected chi connectivity index (χ1v) is 12.7. The van der Waals surface area contributed by atoms with Crippen molar-refractivity contribution in [1.29, 1.82) is 0 Å². The highest BCUT2D eigenvalue weighted by atomic mass is 35.5. The third-order valence-electron chi connectivity index (χ3n) is 7.37. The molecule has 1 aliphatic heterocycles. The van der Waals surface area contributed by atoms with Gasteiger partial charge in [0.1, 0.15) is 23.0 Å². The van der Waals surface area contributed by atoms with Crippen molar-refractivity contribution in [2.45, 2.75) is 44.8 Å². The summed E-state index contributed by atoms with van der Waals surface area (Å²) in [7, 11) is 0. The Hall–Kier alpha value is -3.14. The maximum atomic E-state index is 13.9. The van der Waals surface area contributed by atoms with Crippen LogP contribution in [0.5, 0.6) is 0 Å². The first-order chi connectivity index (χ1) is 17.8. The van der Waals surface area contributed by atoms with Gasteiger partial charge in [0.15, 0.2) is 11.5 Å². The van der Waals surface area contributed by atoms with Crippen LogP contribution in [0.2, 0.25) is 5.28 Å². The second-order valence-electron chi connectivity index (χ2n) is 9.59. The van der Waals surface area contributed by atoms with Crippen molar-refractivity contribution >= 4 is 28.6 Å². The first-order valence-electron chi connectivity index (χ1n) is 12.3. The number of H-pyrrole nitrogens is 1. The Labute approximate surface area is 219 Å². The minimum absolute atomic E-state index is 0.0359. The lowest BCUT2D eigenvalue weighted by molar-refractivity contribution is 0.00380. The lowest BCUT2D eigenvalue weighted by atomic mass is 9.79. The molecule has 37 heavy (non-hydrogen) atoms. The Bertz CT molecular complexity index is 1350. The van der Waals surface area contributed by atoms with E-state index in [9.17, 15) is 13.9 Å². The number of fused-ring (bicyclic) bond motifs is 1. The van der Waals surface area contributed by atoms with Crippen LogP contribution in [0.15, 0.2) is 48.5 Å². The topological polar surface area (TPSA) is 81.2 Å². The van der Waals surface area contributed by atoms with E-state index in [1.807, 2.05) is 6.92 Å². The summed E-state index contributed by atoms with van der Waals surface area (Å²) in [6.45, 7) is 6.90. The van der Waals surface area contributed by atoms with Crippen LogP contribution in [-0.4, -0.2) is 61.7 Å². The number of nitrogens with one attached hydrogen (secondary N) is 1. The molecule has 2 aromatic heterocycles. The molecule has 7 nitrogen and oxygen atoms in total. The number of rotatable bonds is 6. The van der Waals surface area contributed by atoms with E-state index in [0.717, 1.165) is 28.9 Å². The van der Waals surface area contributed by atoms with Gasteiger partial charge in [0.25, 0.3) is 0 Å². The van der Waals surface area contributed by atoms with Crippen LogP contribution in [0.4, 0.5) is 14.6 Å². The van der Waals surface area contributed by atoms with Crippen LogP contribution < -0.4 is 4.90 Å². The molecule has 0 bridgehead atoms. The van der Waals surface area contributed by atoms with Crippen LogP contribution >= 0.6 is 11.6 Å². The number of hydrogen-bond acceptors (Lipinski definition) is 6. The third-order valence-corrected chi connectivity index (χ3v) is 7.54. The Kier molecular flexibility index (Phi) is 6.87. The van der Waals surface area contributed by atoms with E-state index in [1.165, 1.54) is 24.3 Å². The quantitative estimate of drug-likeness (QED) is 0.351. The van der Waals surface area contributed by atoms with Crippen molar-refractivity contribution in [3.05, 3.63) is 82.4 Å². The molecular weight excluding hydrogens is 498 g/mol. The Morgan fingerprint density at radius 3 is 2.14 bits per heavy atom. The zero-order valence-electron chi connectivity index (χ0n) is 20.9. The Morgan fingerprint density at radius 1 is 1.00 bits per heavy atom. The summed E-state index contributed by atoms with van der Waals surface area (Å²) < 4.78 is 27.8. The minimum Gasteiger partial charge on any atom is -0.394 e. The van der Waals surface area contributed by atoms with Crippen molar-refractivity contribution < 1.29 is 13.9 Å². The smallest absolute Gasteiger partial charge is 0.226 e. The number of halogens is 3. The summed E-state index contributed by atoms with van der Waals surface area (Å²) in [5.41, 5.74) is 1.70. The van der Waals surface area contributed by atoms with Gasteiger partial charge in [-0.15, -0.1) is 0 Å². The van der Waals surface area contributed by atoms with Gasteiger partial charge in [0, 0.05) is 25.2 Å². The monoisotopic (exact) mass is 526 g/mol. The van der Waals surface area contributed by atoms with E-state index in [-0.39, 0.29) is 35.6 Å². The highest BCUT2D eigenvalue weighted by Gasteiger charge is 2.47. The predicted octanol–water partition coefficient (Wildman–Crippen LogP) is 4.82. The van der Waals surface area contributed by atoms with Crippen molar-refractivity contribution in [3.8, 4) is 0 Å². The summed E-state index contributed by atoms with van der Waals surface area (Å²) in [6, 6.07) is 12.3. The molecule has 0 radical (unpaired) electrons. The van der Waals surface area contributed by atoms with Crippen molar-refractivity contribution in [3.63, 3.8) is 0 Å². The number of anilines is 1. The van der Waals surface area contributed by atoms with Gasteiger partial charge in [-0.3, -0.25) is 4.90 Å². The van der Waals surface area contributed by atoms with Gasteiger partial charge in [-0.1, -0.05) is 31.2 Å². The second kappa shape index (κ2) is 9.96. The number of piperazine rings is 1. The zero-order chi connectivity index (χ0) is 26.3. The fourth-order valence-corrected chi connectivity index (χ4v) is 5.71. The number of aryl methyl sites for hydroxylation is 1. The summed E-state index contributed by atoms with van der Waals surface area (Å²) in [4.78, 5) is 21.0. The zero-order valence-corrected chi connectivity index (χ0v) is 21.7. The highest BCUT2D eigenvalue weighted by molar-refractivity contribution is 6.28. The van der Waals surface area contributed by atoms with Crippen molar-refractivity contribution in [2.24, 2.45) is 0 Å². The van der Waals surface area contributed by atoms with E-state index in [4.69, 9.17) is 11.6 Å². The minimum atomic E-state index is -1.01. The van der Waals surface area contributed by atoms with E-state index in [1.54, 1.807) is 24.3 Å². The van der Waals surface area contributed by atoms with Crippen LogP contribution in [0.25, 0.3) is 11.2 Å². The van der Waals surface area contributed by atoms with Crippen molar-refractivity contribution in [2.75, 3.05) is 24.6 Å². The number of aromatic nitrogens is 4. The van der Waals surface area contributed by atoms with E-state index in [2.05, 4.69) is 43.6 Å². The molecule has 0 unspecified atom stereocenters. The van der Waals surface area contributed by atoms with Crippen LogP contribution in [0, 0.1) is 18.6 Å². The number of nitrogens with zero attached hydrogens (tertiary/aromatic N) is 5. The lowest BCUT2D eigenvalue weighted by Crippen LogP contribution is -2.65. The van der Waals surface area contributed by atoms with Gasteiger partial charge >= 0.3 is 0 Å². The number of aromatic amines is 1. The van der Waals surface area contributed by atoms with Gasteiger partial charge in [-0.2, -0.15) is 9.97 Å². The average molecular weight is 527 g/mol. The molecule has 4 aromatic rings. The molecule has 0 spiro atoms. The molecule has 1 aliphatic rings. The molecule has 0 amide bonds. The SMILES string of the molecule is CC[C@@H]1CN(c2nc(Cl)nc3nc(C)[nH]c23)[C@@H](C)CN1C(CO)(c1ccc(F)cc1)c1ccc(F)cc1. The molecule has 2 N–H and O–H groups in total. The predicted molar refractivity (Wildman–Crippen MR) is 140 cm³/mol. The van der Waals surface area contributed by atoms with Crippen LogP contribution in [0.1, 0.15) is 37.2 Å². The fourth-order valence-electron chi connectivity index (χ4n) is 5.55. The van der Waals surface area contributed by atoms with Gasteiger partial charge in [-0.25, -0.2) is 13.8 Å². The molecule has 1 fully saturated rings. The fraction of sp³-hybridized carbons (Fsp3) is 0.370. The lowest BCUT2D eigenvalue weighted by Gasteiger charge is -2.54. The van der Waals surface area contributed by atoms with Crippen LogP contribution in [-0.2, 0) is 5.54 Å². The molecular formula is C27H29ClF2N6O. The molecule has 0 aliphatic carbocycles. The van der Waals surface area contributed by atoms with Crippen LogP contribution in [0.3, 0.4) is 0 Å². The molecule has 2 atom stereocenters. The summed E-state index contributed by atoms with van der Waals surface area (Å²) in [5.74, 6) is 0.677. The molecule has 10 heteroatoms. The maximum absolute atomic E-state index is 13.9. The largest absolute Gasteiger partial charge is 0.394 e. The molecule has 0 saturated carbocycles. The normalized spacial score (nSPS) is 19.1. The molecule has 5 rings (SSSR count). The van der Waals surface area contributed by atoms with Gasteiger partial charge in [0.05, 0.1) is 12.1 Å². The number of benzene rings is 2. The van der Waals surface area contributed by atoms with Gasteiger partial charge in [0.2, 0.25) is 5.28 Å². The average Bonchev–Trinajstić information content (AvgIpc) is 3.26. The second-order valence-corrected chi connectivity index (χ2v) is 9.92. The molecule has 194 valence electrons. The van der Waals surface area contributed by atoms with E-state index < -0.39 is 5.54 Å². The number of imidazole rings is 1. The van der Waals surface area contributed by atoms with Gasteiger partial charge in [-0.05, 0) is 67.3 Å². The molecule has 1 saturated heterocycles. The third kappa shape index (κ3) is 4.45. The Morgan fingerprint density at radius 2 is 1.59 bits per heavy atom. The Balaban J connectivity index is 1.61. The van der Waals surface area contributed by atoms with E-state index in [0.29, 0.717) is 24.6 Å². The highest BCUT2D eigenvalue weighted by Crippen LogP contribution is 2.41. The van der Waals surface area contributed by atoms with Crippen molar-refractivity contribution in [1.82, 2.24) is 24.8 Å². The molecule has 2 aromatic carbocycles. The maximum Gasteiger partial charge on any atom is 0.226 e. The number of aliphatic hydroxyl groups is 1. The number of hydrogen-bond donors (Lipinski definition) is 2. The van der Waals surface area contributed by atoms with E-state index >= 15 is 0 Å². The van der Waals surface area contributed by atoms with Gasteiger partial charge < -0.3 is 15.0 Å². The summed E-state index contributed by atoms with van der Waals surface area (Å²) in [5, 5.41) is 11.2. The first kappa shape index (κ1) is 25.5. The summed E-state index contributed by atoms with van der Waals surface area (Å²) in [6.07, 6.45) is 0.761.